The Kier molecular flexibility index (Phi) is 2.98. The first-order chi connectivity index (χ1) is 8.38. The summed E-state index contributed by atoms with van der Waals surface area (Å²) in [5.41, 5.74) is 0.437. The molecule has 1 heterocycles. The van der Waals surface area contributed by atoms with Crippen molar-refractivity contribution >= 4 is 17.6 Å². The molecule has 2 N–H and O–H groups in total. The number of amides is 1. The number of carbonyl (C=O) groups is 2. The highest BCUT2D eigenvalue weighted by molar-refractivity contribution is 5.94. The molecule has 0 aromatic heterocycles. The summed E-state index contributed by atoms with van der Waals surface area (Å²) in [6, 6.07) is 5.24. The van der Waals surface area contributed by atoms with Crippen LogP contribution in [-0.2, 0) is 16.0 Å². The van der Waals surface area contributed by atoms with Gasteiger partial charge in [0.1, 0.15) is 5.75 Å². The van der Waals surface area contributed by atoms with Crippen LogP contribution in [0.3, 0.4) is 0 Å². The normalized spacial score (nSPS) is 14.7. The number of hydrogen-bond acceptors (Lipinski definition) is 3. The Labute approximate surface area is 105 Å². The van der Waals surface area contributed by atoms with Crippen molar-refractivity contribution in [1.82, 2.24) is 0 Å². The van der Waals surface area contributed by atoms with Gasteiger partial charge in [-0.05, 0) is 31.9 Å². The molecule has 1 aliphatic heterocycles. The molecular weight excluding hydrogens is 234 g/mol. The van der Waals surface area contributed by atoms with Crippen LogP contribution < -0.4 is 10.1 Å². The summed E-state index contributed by atoms with van der Waals surface area (Å²) in [4.78, 5) is 22.3. The van der Waals surface area contributed by atoms with Gasteiger partial charge in [0.25, 0.3) is 0 Å². The summed E-state index contributed by atoms with van der Waals surface area (Å²) in [5.74, 6) is -0.634. The first-order valence-electron chi connectivity index (χ1n) is 5.74. The third-order valence-corrected chi connectivity index (χ3v) is 2.86. The standard InChI is InChI=1S/C13H15NO4/c1-13(2,12(16)17)18-9-5-3-8-4-6-11(15)14-10(8)7-9/h3,5,7H,4,6H2,1-2H3,(H,14,15)(H,16,17). The molecule has 0 saturated heterocycles. The Balaban J connectivity index is 2.24. The molecule has 5 heteroatoms. The first kappa shape index (κ1) is 12.4. The van der Waals surface area contributed by atoms with Crippen LogP contribution in [0.5, 0.6) is 5.75 Å². The summed E-state index contributed by atoms with van der Waals surface area (Å²) in [6.07, 6.45) is 1.18. The maximum Gasteiger partial charge on any atom is 0.347 e. The molecule has 96 valence electrons. The second kappa shape index (κ2) is 4.33. The quantitative estimate of drug-likeness (QED) is 0.856. The average Bonchev–Trinajstić information content (AvgIpc) is 2.27. The fraction of sp³-hybridized carbons (Fsp3) is 0.385. The van der Waals surface area contributed by atoms with E-state index in [1.54, 1.807) is 12.1 Å². The largest absolute Gasteiger partial charge is 0.478 e. The van der Waals surface area contributed by atoms with Crippen LogP contribution in [0.25, 0.3) is 0 Å². The minimum atomic E-state index is -1.30. The molecule has 0 aliphatic carbocycles. The van der Waals surface area contributed by atoms with E-state index in [1.807, 2.05) is 6.07 Å². The first-order valence-corrected chi connectivity index (χ1v) is 5.74. The second-order valence-corrected chi connectivity index (χ2v) is 4.78. The zero-order chi connectivity index (χ0) is 13.3. The molecule has 18 heavy (non-hydrogen) atoms. The Bertz CT molecular complexity index is 508. The number of carboxylic acid groups (broad SMARTS) is 1. The molecule has 0 bridgehead atoms. The summed E-state index contributed by atoms with van der Waals surface area (Å²) in [6.45, 7) is 2.96. The van der Waals surface area contributed by atoms with Crippen LogP contribution >= 0.6 is 0 Å². The topological polar surface area (TPSA) is 75.6 Å². The van der Waals surface area contributed by atoms with Gasteiger partial charge in [-0.3, -0.25) is 4.79 Å². The Morgan fingerprint density at radius 1 is 1.39 bits per heavy atom. The lowest BCUT2D eigenvalue weighted by molar-refractivity contribution is -0.152. The molecule has 0 unspecified atom stereocenters. The summed E-state index contributed by atoms with van der Waals surface area (Å²) < 4.78 is 5.41. The second-order valence-electron chi connectivity index (χ2n) is 4.78. The SMILES string of the molecule is CC(C)(Oc1ccc2c(c1)NC(=O)CC2)C(=O)O. The fourth-order valence-corrected chi connectivity index (χ4v) is 1.75. The zero-order valence-corrected chi connectivity index (χ0v) is 10.3. The monoisotopic (exact) mass is 249 g/mol. The lowest BCUT2D eigenvalue weighted by Gasteiger charge is -2.23. The van der Waals surface area contributed by atoms with Gasteiger partial charge >= 0.3 is 5.97 Å². The van der Waals surface area contributed by atoms with Gasteiger partial charge < -0.3 is 15.2 Å². The van der Waals surface area contributed by atoms with E-state index < -0.39 is 11.6 Å². The van der Waals surface area contributed by atoms with Crippen LogP contribution in [0.1, 0.15) is 25.8 Å². The van der Waals surface area contributed by atoms with Crippen LogP contribution in [0, 0.1) is 0 Å². The fourth-order valence-electron chi connectivity index (χ4n) is 1.75. The number of aliphatic carboxylic acids is 1. The number of anilines is 1. The van der Waals surface area contributed by atoms with Crippen molar-refractivity contribution in [1.29, 1.82) is 0 Å². The van der Waals surface area contributed by atoms with E-state index in [0.717, 1.165) is 5.56 Å². The lowest BCUT2D eigenvalue weighted by atomic mass is 10.0. The van der Waals surface area contributed by atoms with E-state index in [1.165, 1.54) is 13.8 Å². The van der Waals surface area contributed by atoms with Crippen molar-refractivity contribution in [2.45, 2.75) is 32.3 Å². The minimum Gasteiger partial charge on any atom is -0.478 e. The lowest BCUT2D eigenvalue weighted by Crippen LogP contribution is -2.37. The molecule has 0 fully saturated rings. The molecular formula is C13H15NO4. The molecule has 5 nitrogen and oxygen atoms in total. The third kappa shape index (κ3) is 2.45. The predicted octanol–water partition coefficient (Wildman–Crippen LogP) is 1.81. The molecule has 2 rings (SSSR count). The number of hydrogen-bond donors (Lipinski definition) is 2. The van der Waals surface area contributed by atoms with E-state index in [9.17, 15) is 9.59 Å². The third-order valence-electron chi connectivity index (χ3n) is 2.86. The molecule has 0 saturated carbocycles. The van der Waals surface area contributed by atoms with Crippen LogP contribution in [0.2, 0.25) is 0 Å². The van der Waals surface area contributed by atoms with Crippen molar-refractivity contribution in [2.24, 2.45) is 0 Å². The van der Waals surface area contributed by atoms with Crippen LogP contribution in [-0.4, -0.2) is 22.6 Å². The molecule has 0 atom stereocenters. The highest BCUT2D eigenvalue weighted by atomic mass is 16.5. The number of rotatable bonds is 3. The predicted molar refractivity (Wildman–Crippen MR) is 65.7 cm³/mol. The molecule has 0 radical (unpaired) electrons. The Morgan fingerprint density at radius 2 is 2.11 bits per heavy atom. The molecule has 1 aromatic rings. The number of carbonyl (C=O) groups excluding carboxylic acids is 1. The Hall–Kier alpha value is -2.04. The smallest absolute Gasteiger partial charge is 0.347 e. The molecule has 0 spiro atoms. The van der Waals surface area contributed by atoms with Gasteiger partial charge in [-0.15, -0.1) is 0 Å². The van der Waals surface area contributed by atoms with Gasteiger partial charge in [0.05, 0.1) is 0 Å². The van der Waals surface area contributed by atoms with Crippen molar-refractivity contribution in [3.8, 4) is 5.75 Å². The maximum atomic E-state index is 11.3. The van der Waals surface area contributed by atoms with Crippen LogP contribution in [0.15, 0.2) is 18.2 Å². The van der Waals surface area contributed by atoms with Crippen LogP contribution in [0.4, 0.5) is 5.69 Å². The summed E-state index contributed by atoms with van der Waals surface area (Å²) >= 11 is 0. The molecule has 1 amide bonds. The Morgan fingerprint density at radius 3 is 2.78 bits per heavy atom. The van der Waals surface area contributed by atoms with Gasteiger partial charge in [0, 0.05) is 18.2 Å². The summed E-state index contributed by atoms with van der Waals surface area (Å²) in [5, 5.41) is 11.7. The van der Waals surface area contributed by atoms with Gasteiger partial charge in [0.15, 0.2) is 5.60 Å². The van der Waals surface area contributed by atoms with Crippen molar-refractivity contribution < 1.29 is 19.4 Å². The highest BCUT2D eigenvalue weighted by Gasteiger charge is 2.29. The minimum absolute atomic E-state index is 0.0304. The average molecular weight is 249 g/mol. The van der Waals surface area contributed by atoms with E-state index in [-0.39, 0.29) is 5.91 Å². The van der Waals surface area contributed by atoms with Gasteiger partial charge in [0.2, 0.25) is 5.91 Å². The number of nitrogens with one attached hydrogen (secondary N) is 1. The molecule has 1 aromatic carbocycles. The van der Waals surface area contributed by atoms with E-state index >= 15 is 0 Å². The number of ether oxygens (including phenoxy) is 1. The van der Waals surface area contributed by atoms with E-state index in [0.29, 0.717) is 24.3 Å². The van der Waals surface area contributed by atoms with Gasteiger partial charge in [-0.1, -0.05) is 6.07 Å². The van der Waals surface area contributed by atoms with E-state index in [4.69, 9.17) is 9.84 Å². The summed E-state index contributed by atoms with van der Waals surface area (Å²) in [7, 11) is 0. The number of fused-ring (bicyclic) bond motifs is 1. The highest BCUT2D eigenvalue weighted by Crippen LogP contribution is 2.29. The molecule has 1 aliphatic rings. The zero-order valence-electron chi connectivity index (χ0n) is 10.3. The number of benzene rings is 1. The van der Waals surface area contributed by atoms with E-state index in [2.05, 4.69) is 5.32 Å². The van der Waals surface area contributed by atoms with Gasteiger partial charge in [-0.2, -0.15) is 0 Å². The maximum absolute atomic E-state index is 11.3. The number of aryl methyl sites for hydroxylation is 1. The number of carboxylic acids is 1. The van der Waals surface area contributed by atoms with Gasteiger partial charge in [-0.25, -0.2) is 4.79 Å². The van der Waals surface area contributed by atoms with Crippen molar-refractivity contribution in [3.05, 3.63) is 23.8 Å². The van der Waals surface area contributed by atoms with Crippen molar-refractivity contribution in [2.75, 3.05) is 5.32 Å². The van der Waals surface area contributed by atoms with Crippen molar-refractivity contribution in [3.63, 3.8) is 0 Å².